The van der Waals surface area contributed by atoms with Crippen LogP contribution in [0.15, 0.2) is 24.3 Å². The third-order valence-electron chi connectivity index (χ3n) is 3.46. The monoisotopic (exact) mass is 293 g/mol. The van der Waals surface area contributed by atoms with Crippen molar-refractivity contribution in [2.45, 2.75) is 32.2 Å². The molecule has 0 atom stereocenters. The lowest BCUT2D eigenvalue weighted by Crippen LogP contribution is -2.32. The largest absolute Gasteiger partial charge is 0.494 e. The van der Waals surface area contributed by atoms with Crippen molar-refractivity contribution in [2.75, 3.05) is 26.3 Å². The summed E-state index contributed by atoms with van der Waals surface area (Å²) in [6.07, 6.45) is 2.53. The Morgan fingerprint density at radius 1 is 1.19 bits per heavy atom. The fourth-order valence-corrected chi connectivity index (χ4v) is 2.24. The summed E-state index contributed by atoms with van der Waals surface area (Å²) < 4.78 is 11.1. The summed E-state index contributed by atoms with van der Waals surface area (Å²) in [5.74, 6) is 0.909. The lowest BCUT2D eigenvalue weighted by atomic mass is 10.3. The average Bonchev–Trinajstić information content (AvgIpc) is 3.29. The quantitative estimate of drug-likeness (QED) is 0.718. The molecule has 0 aromatic heterocycles. The Morgan fingerprint density at radius 3 is 2.33 bits per heavy atom. The predicted octanol–water partition coefficient (Wildman–Crippen LogP) is 2.40. The van der Waals surface area contributed by atoms with Gasteiger partial charge in [0.15, 0.2) is 0 Å². The minimum absolute atomic E-state index is 0.194. The Labute approximate surface area is 125 Å². The normalized spacial score (nSPS) is 14.2. The maximum atomic E-state index is 10.7. The van der Waals surface area contributed by atoms with Crippen LogP contribution in [0.2, 0.25) is 0 Å². The van der Waals surface area contributed by atoms with E-state index in [-0.39, 0.29) is 6.42 Å². The van der Waals surface area contributed by atoms with E-state index in [0.717, 1.165) is 18.0 Å². The fraction of sp³-hybridized carbons (Fsp3) is 0.562. The van der Waals surface area contributed by atoms with Gasteiger partial charge in [0.2, 0.25) is 0 Å². The average molecular weight is 293 g/mol. The van der Waals surface area contributed by atoms with E-state index in [1.807, 2.05) is 31.2 Å². The highest BCUT2D eigenvalue weighted by molar-refractivity contribution is 5.66. The Bertz CT molecular complexity index is 442. The first-order valence-electron chi connectivity index (χ1n) is 7.50. The highest BCUT2D eigenvalue weighted by Gasteiger charge is 2.28. The van der Waals surface area contributed by atoms with E-state index in [4.69, 9.17) is 14.6 Å². The van der Waals surface area contributed by atoms with Gasteiger partial charge in [-0.1, -0.05) is 0 Å². The molecule has 0 bridgehead atoms. The van der Waals surface area contributed by atoms with Crippen LogP contribution in [0.1, 0.15) is 26.2 Å². The summed E-state index contributed by atoms with van der Waals surface area (Å²) in [6.45, 7) is 4.55. The molecule has 0 radical (unpaired) electrons. The Morgan fingerprint density at radius 2 is 1.81 bits per heavy atom. The summed E-state index contributed by atoms with van der Waals surface area (Å²) in [7, 11) is 0. The molecule has 5 nitrogen and oxygen atoms in total. The second-order valence-corrected chi connectivity index (χ2v) is 5.16. The molecule has 1 saturated carbocycles. The van der Waals surface area contributed by atoms with Crippen molar-refractivity contribution in [3.63, 3.8) is 0 Å². The molecular weight excluding hydrogens is 270 g/mol. The van der Waals surface area contributed by atoms with Gasteiger partial charge in [-0.05, 0) is 44.0 Å². The molecule has 0 saturated heterocycles. The van der Waals surface area contributed by atoms with Crippen LogP contribution in [-0.2, 0) is 4.79 Å². The standard InChI is InChI=1S/C16H23NO4/c1-2-20-14-5-7-15(8-6-14)21-12-11-17(13-3-4-13)10-9-16(18)19/h5-8,13H,2-4,9-12H2,1H3,(H,18,19). The van der Waals surface area contributed by atoms with Gasteiger partial charge in [0, 0.05) is 19.1 Å². The molecule has 1 aliphatic rings. The van der Waals surface area contributed by atoms with Gasteiger partial charge in [0.05, 0.1) is 13.0 Å². The van der Waals surface area contributed by atoms with Crippen LogP contribution in [-0.4, -0.2) is 48.3 Å². The SMILES string of the molecule is CCOc1ccc(OCCN(CCC(=O)O)C2CC2)cc1. The molecule has 0 spiro atoms. The molecule has 1 aromatic rings. The summed E-state index contributed by atoms with van der Waals surface area (Å²) in [5.41, 5.74) is 0. The van der Waals surface area contributed by atoms with Crippen molar-refractivity contribution >= 4 is 5.97 Å². The number of hydrogen-bond acceptors (Lipinski definition) is 4. The van der Waals surface area contributed by atoms with Gasteiger partial charge >= 0.3 is 5.97 Å². The third kappa shape index (κ3) is 5.63. The van der Waals surface area contributed by atoms with Gasteiger partial charge in [0.1, 0.15) is 18.1 Å². The first-order chi connectivity index (χ1) is 10.2. The fourth-order valence-electron chi connectivity index (χ4n) is 2.24. The highest BCUT2D eigenvalue weighted by atomic mass is 16.5. The lowest BCUT2D eigenvalue weighted by Gasteiger charge is -2.21. The molecule has 0 amide bonds. The van der Waals surface area contributed by atoms with Crippen LogP contribution in [0.4, 0.5) is 0 Å². The second-order valence-electron chi connectivity index (χ2n) is 5.16. The summed E-state index contributed by atoms with van der Waals surface area (Å²) >= 11 is 0. The highest BCUT2D eigenvalue weighted by Crippen LogP contribution is 2.26. The van der Waals surface area contributed by atoms with Crippen molar-refractivity contribution in [1.29, 1.82) is 0 Å². The van der Waals surface area contributed by atoms with Gasteiger partial charge in [-0.15, -0.1) is 0 Å². The first-order valence-corrected chi connectivity index (χ1v) is 7.50. The molecule has 1 aromatic carbocycles. The van der Waals surface area contributed by atoms with Crippen molar-refractivity contribution < 1.29 is 19.4 Å². The van der Waals surface area contributed by atoms with Gasteiger partial charge in [-0.3, -0.25) is 9.69 Å². The van der Waals surface area contributed by atoms with E-state index in [1.54, 1.807) is 0 Å². The molecule has 21 heavy (non-hydrogen) atoms. The molecular formula is C16H23NO4. The number of aliphatic carboxylic acids is 1. The third-order valence-corrected chi connectivity index (χ3v) is 3.46. The zero-order valence-electron chi connectivity index (χ0n) is 12.5. The van der Waals surface area contributed by atoms with E-state index in [2.05, 4.69) is 4.90 Å². The summed E-state index contributed by atoms with van der Waals surface area (Å²) in [4.78, 5) is 12.9. The van der Waals surface area contributed by atoms with Crippen LogP contribution in [0.5, 0.6) is 11.5 Å². The van der Waals surface area contributed by atoms with Crippen LogP contribution in [0, 0.1) is 0 Å². The van der Waals surface area contributed by atoms with Crippen LogP contribution < -0.4 is 9.47 Å². The Kier molecular flexibility index (Phi) is 5.87. The molecule has 0 heterocycles. The van der Waals surface area contributed by atoms with E-state index in [0.29, 0.717) is 25.8 Å². The Balaban J connectivity index is 1.72. The number of hydrogen-bond donors (Lipinski definition) is 1. The zero-order valence-corrected chi connectivity index (χ0v) is 12.5. The van der Waals surface area contributed by atoms with E-state index >= 15 is 0 Å². The smallest absolute Gasteiger partial charge is 0.304 e. The second kappa shape index (κ2) is 7.88. The maximum Gasteiger partial charge on any atom is 0.304 e. The summed E-state index contributed by atoms with van der Waals surface area (Å²) in [6, 6.07) is 8.12. The minimum atomic E-state index is -0.743. The molecule has 1 fully saturated rings. The number of carboxylic acids is 1. The molecule has 0 unspecified atom stereocenters. The van der Waals surface area contributed by atoms with E-state index < -0.39 is 5.97 Å². The minimum Gasteiger partial charge on any atom is -0.494 e. The van der Waals surface area contributed by atoms with Crippen LogP contribution >= 0.6 is 0 Å². The number of rotatable bonds is 10. The molecule has 116 valence electrons. The van der Waals surface area contributed by atoms with E-state index in [1.165, 1.54) is 12.8 Å². The van der Waals surface area contributed by atoms with Gasteiger partial charge in [-0.25, -0.2) is 0 Å². The molecule has 1 N–H and O–H groups in total. The van der Waals surface area contributed by atoms with E-state index in [9.17, 15) is 4.79 Å². The number of carboxylic acid groups (broad SMARTS) is 1. The van der Waals surface area contributed by atoms with Crippen molar-refractivity contribution in [1.82, 2.24) is 4.90 Å². The van der Waals surface area contributed by atoms with Crippen LogP contribution in [0.25, 0.3) is 0 Å². The summed E-state index contributed by atoms with van der Waals surface area (Å²) in [5, 5.41) is 8.77. The van der Waals surface area contributed by atoms with Crippen molar-refractivity contribution in [3.8, 4) is 11.5 Å². The topological polar surface area (TPSA) is 59.0 Å². The van der Waals surface area contributed by atoms with Crippen molar-refractivity contribution in [2.24, 2.45) is 0 Å². The number of carbonyl (C=O) groups is 1. The molecule has 0 aliphatic heterocycles. The number of benzene rings is 1. The maximum absolute atomic E-state index is 10.7. The predicted molar refractivity (Wildman–Crippen MR) is 80.0 cm³/mol. The molecule has 1 aliphatic carbocycles. The van der Waals surface area contributed by atoms with Crippen molar-refractivity contribution in [3.05, 3.63) is 24.3 Å². The van der Waals surface area contributed by atoms with Gasteiger partial charge in [-0.2, -0.15) is 0 Å². The Hall–Kier alpha value is -1.75. The van der Waals surface area contributed by atoms with Crippen LogP contribution in [0.3, 0.4) is 0 Å². The first kappa shape index (κ1) is 15.6. The lowest BCUT2D eigenvalue weighted by molar-refractivity contribution is -0.137. The number of nitrogens with zero attached hydrogens (tertiary/aromatic N) is 1. The van der Waals surface area contributed by atoms with Gasteiger partial charge < -0.3 is 14.6 Å². The number of ether oxygens (including phenoxy) is 2. The zero-order chi connectivity index (χ0) is 15.1. The van der Waals surface area contributed by atoms with Gasteiger partial charge in [0.25, 0.3) is 0 Å². The molecule has 2 rings (SSSR count). The molecule has 5 heteroatoms.